The number of para-hydroxylation sites is 1. The number of aromatic amines is 1. The van der Waals surface area contributed by atoms with E-state index in [1.807, 2.05) is 12.1 Å². The highest BCUT2D eigenvalue weighted by Crippen LogP contribution is 2.22. The number of carbonyl (C=O) groups is 1. The van der Waals surface area contributed by atoms with Gasteiger partial charge >= 0.3 is 5.97 Å². The first-order chi connectivity index (χ1) is 16.0. The molecule has 1 aliphatic rings. The van der Waals surface area contributed by atoms with Crippen LogP contribution in [0.1, 0.15) is 21.5 Å². The fourth-order valence-corrected chi connectivity index (χ4v) is 3.89. The van der Waals surface area contributed by atoms with E-state index in [-0.39, 0.29) is 5.43 Å². The number of esters is 1. The fraction of sp³-hybridized carbons (Fsp3) is 0.250. The van der Waals surface area contributed by atoms with E-state index in [0.717, 1.165) is 11.4 Å². The lowest BCUT2D eigenvalue weighted by atomic mass is 10.1. The van der Waals surface area contributed by atoms with Crippen LogP contribution in [-0.2, 0) is 16.0 Å². The van der Waals surface area contributed by atoms with Gasteiger partial charge in [-0.2, -0.15) is 0 Å². The molecule has 2 aromatic carbocycles. The number of nitrogens with two attached hydrogens (primary N) is 2. The Balaban J connectivity index is 1.63. The number of hydrogen-bond acceptors (Lipinski definition) is 8. The molecule has 0 saturated carbocycles. The SMILES string of the molecule is COC(=O)c1cccc(CN(N)/C=C(\N)c2cccc3c(=O)cc(N4CCOCC4)[nH]c23)c1. The van der Waals surface area contributed by atoms with Gasteiger partial charge in [-0.3, -0.25) is 4.79 Å². The van der Waals surface area contributed by atoms with Gasteiger partial charge in [0, 0.05) is 36.3 Å². The number of fused-ring (bicyclic) bond motifs is 1. The predicted molar refractivity (Wildman–Crippen MR) is 127 cm³/mol. The zero-order chi connectivity index (χ0) is 23.4. The third-order valence-corrected chi connectivity index (χ3v) is 5.53. The van der Waals surface area contributed by atoms with Gasteiger partial charge in [-0.25, -0.2) is 10.6 Å². The first-order valence-corrected chi connectivity index (χ1v) is 10.6. The van der Waals surface area contributed by atoms with Gasteiger partial charge in [-0.1, -0.05) is 24.3 Å². The van der Waals surface area contributed by atoms with Crippen LogP contribution in [0, 0.1) is 0 Å². The van der Waals surface area contributed by atoms with Crippen LogP contribution in [0.25, 0.3) is 16.6 Å². The van der Waals surface area contributed by atoms with E-state index in [0.29, 0.717) is 60.6 Å². The molecule has 1 aliphatic heterocycles. The fourth-order valence-electron chi connectivity index (χ4n) is 3.89. The Morgan fingerprint density at radius 1 is 1.21 bits per heavy atom. The summed E-state index contributed by atoms with van der Waals surface area (Å²) in [4.78, 5) is 30.0. The summed E-state index contributed by atoms with van der Waals surface area (Å²) in [5, 5.41) is 1.99. The molecule has 9 nitrogen and oxygen atoms in total. The van der Waals surface area contributed by atoms with Crippen LogP contribution in [-0.4, -0.2) is 49.4 Å². The maximum atomic E-state index is 12.8. The van der Waals surface area contributed by atoms with Crippen molar-refractivity contribution in [1.82, 2.24) is 9.99 Å². The van der Waals surface area contributed by atoms with Gasteiger partial charge in [0.2, 0.25) is 0 Å². The molecule has 0 spiro atoms. The molecule has 0 amide bonds. The van der Waals surface area contributed by atoms with Crippen molar-refractivity contribution in [2.45, 2.75) is 6.54 Å². The lowest BCUT2D eigenvalue weighted by Crippen LogP contribution is -2.37. The van der Waals surface area contributed by atoms with Gasteiger partial charge in [-0.05, 0) is 23.8 Å². The average Bonchev–Trinajstić information content (AvgIpc) is 2.83. The number of ether oxygens (including phenoxy) is 2. The molecule has 2 heterocycles. The van der Waals surface area contributed by atoms with E-state index in [4.69, 9.17) is 21.1 Å². The van der Waals surface area contributed by atoms with E-state index < -0.39 is 5.97 Å². The number of aromatic nitrogens is 1. The number of pyridine rings is 1. The second kappa shape index (κ2) is 9.76. The molecule has 1 aromatic heterocycles. The minimum absolute atomic E-state index is 0.0795. The molecule has 172 valence electrons. The molecule has 5 N–H and O–H groups in total. The Hall–Kier alpha value is -3.82. The molecular formula is C24H27N5O4. The minimum Gasteiger partial charge on any atom is -0.465 e. The molecular weight excluding hydrogens is 422 g/mol. The maximum absolute atomic E-state index is 12.8. The van der Waals surface area contributed by atoms with Crippen molar-refractivity contribution in [2.24, 2.45) is 11.6 Å². The minimum atomic E-state index is -0.411. The van der Waals surface area contributed by atoms with Gasteiger partial charge in [0.1, 0.15) is 5.82 Å². The highest BCUT2D eigenvalue weighted by atomic mass is 16.5. The number of nitrogens with zero attached hydrogens (tertiary/aromatic N) is 2. The Kier molecular flexibility index (Phi) is 6.62. The summed E-state index contributed by atoms with van der Waals surface area (Å²) in [6, 6.07) is 14.1. The van der Waals surface area contributed by atoms with Crippen molar-refractivity contribution >= 4 is 28.4 Å². The molecule has 3 aromatic rings. The Morgan fingerprint density at radius 2 is 1.97 bits per heavy atom. The number of benzene rings is 2. The number of morpholine rings is 1. The van der Waals surface area contributed by atoms with Crippen LogP contribution in [0.4, 0.5) is 5.82 Å². The van der Waals surface area contributed by atoms with Crippen LogP contribution < -0.4 is 21.9 Å². The number of rotatable bonds is 6. The molecule has 33 heavy (non-hydrogen) atoms. The van der Waals surface area contributed by atoms with E-state index in [2.05, 4.69) is 9.88 Å². The van der Waals surface area contributed by atoms with Crippen molar-refractivity contribution in [3.63, 3.8) is 0 Å². The second-order valence-corrected chi connectivity index (χ2v) is 7.80. The number of hydrazine groups is 1. The topological polar surface area (TPSA) is 127 Å². The summed E-state index contributed by atoms with van der Waals surface area (Å²) in [6.45, 7) is 2.96. The van der Waals surface area contributed by atoms with Crippen LogP contribution in [0.15, 0.2) is 59.5 Å². The molecule has 0 unspecified atom stereocenters. The lowest BCUT2D eigenvalue weighted by molar-refractivity contribution is 0.0600. The van der Waals surface area contributed by atoms with Crippen molar-refractivity contribution in [1.29, 1.82) is 0 Å². The zero-order valence-electron chi connectivity index (χ0n) is 18.4. The molecule has 0 aliphatic carbocycles. The Bertz CT molecular complexity index is 1250. The highest BCUT2D eigenvalue weighted by Gasteiger charge is 2.15. The third kappa shape index (κ3) is 5.00. The van der Waals surface area contributed by atoms with Gasteiger partial charge < -0.3 is 30.1 Å². The van der Waals surface area contributed by atoms with Crippen molar-refractivity contribution in [2.75, 3.05) is 38.3 Å². The first kappa shape index (κ1) is 22.4. The summed E-state index contributed by atoms with van der Waals surface area (Å²) in [5.41, 5.74) is 9.33. The lowest BCUT2D eigenvalue weighted by Gasteiger charge is -2.28. The molecule has 4 rings (SSSR count). The van der Waals surface area contributed by atoms with E-state index in [9.17, 15) is 9.59 Å². The molecule has 0 bridgehead atoms. The van der Waals surface area contributed by atoms with Crippen LogP contribution in [0.2, 0.25) is 0 Å². The maximum Gasteiger partial charge on any atom is 0.337 e. The van der Waals surface area contributed by atoms with E-state index in [1.54, 1.807) is 42.6 Å². The van der Waals surface area contributed by atoms with Crippen LogP contribution in [0.5, 0.6) is 0 Å². The van der Waals surface area contributed by atoms with Crippen LogP contribution in [0.3, 0.4) is 0 Å². The normalized spacial score (nSPS) is 14.4. The Morgan fingerprint density at radius 3 is 2.73 bits per heavy atom. The highest BCUT2D eigenvalue weighted by molar-refractivity contribution is 5.91. The monoisotopic (exact) mass is 449 g/mol. The number of nitrogens with one attached hydrogen (secondary N) is 1. The van der Waals surface area contributed by atoms with E-state index >= 15 is 0 Å². The largest absolute Gasteiger partial charge is 0.465 e. The third-order valence-electron chi connectivity index (χ3n) is 5.53. The molecule has 9 heteroatoms. The van der Waals surface area contributed by atoms with Gasteiger partial charge in [-0.15, -0.1) is 0 Å². The zero-order valence-corrected chi connectivity index (χ0v) is 18.4. The van der Waals surface area contributed by atoms with Crippen molar-refractivity contribution < 1.29 is 14.3 Å². The second-order valence-electron chi connectivity index (χ2n) is 7.80. The number of methoxy groups -OCH3 is 1. The summed E-state index contributed by atoms with van der Waals surface area (Å²) >= 11 is 0. The molecule has 0 atom stereocenters. The van der Waals surface area contributed by atoms with Gasteiger partial charge in [0.25, 0.3) is 0 Å². The smallest absolute Gasteiger partial charge is 0.337 e. The summed E-state index contributed by atoms with van der Waals surface area (Å²) in [7, 11) is 1.34. The molecule has 1 fully saturated rings. The van der Waals surface area contributed by atoms with Crippen molar-refractivity contribution in [3.05, 3.63) is 81.6 Å². The standard InChI is InChI=1S/C24H27N5O4/c1-32-24(31)17-5-2-4-16(12-17)14-29(26)15-20(25)18-6-3-7-19-21(30)13-22(27-23(18)19)28-8-10-33-11-9-28/h2-7,12-13,15H,8-11,14,25-26H2,1H3,(H,27,30)/b20-15-. The molecule has 0 radical (unpaired) electrons. The quantitative estimate of drug-likeness (QED) is 0.295. The number of H-pyrrole nitrogens is 1. The van der Waals surface area contributed by atoms with Crippen molar-refractivity contribution in [3.8, 4) is 0 Å². The summed E-state index contributed by atoms with van der Waals surface area (Å²) < 4.78 is 10.2. The average molecular weight is 450 g/mol. The first-order valence-electron chi connectivity index (χ1n) is 10.6. The predicted octanol–water partition coefficient (Wildman–Crippen LogP) is 1.78. The van der Waals surface area contributed by atoms with E-state index in [1.165, 1.54) is 12.1 Å². The summed E-state index contributed by atoms with van der Waals surface area (Å²) in [6.07, 6.45) is 1.61. The Labute approximate surface area is 191 Å². The van der Waals surface area contributed by atoms with Gasteiger partial charge in [0.05, 0.1) is 43.6 Å². The van der Waals surface area contributed by atoms with Gasteiger partial charge in [0.15, 0.2) is 5.43 Å². The summed E-state index contributed by atoms with van der Waals surface area (Å²) in [5.74, 6) is 6.52. The number of hydrogen-bond donors (Lipinski definition) is 3. The molecule has 1 saturated heterocycles. The van der Waals surface area contributed by atoms with Crippen LogP contribution >= 0.6 is 0 Å². The number of carbonyl (C=O) groups excluding carboxylic acids is 1. The number of anilines is 1.